The fraction of sp³-hybridized carbons (Fsp3) is 0.0909. The normalized spacial score (nSPS) is 11.2. The first-order valence-corrected chi connectivity index (χ1v) is 6.02. The minimum Gasteiger partial charge on any atom is -0.477 e. The van der Waals surface area contributed by atoms with Gasteiger partial charge < -0.3 is 9.84 Å². The summed E-state index contributed by atoms with van der Waals surface area (Å²) in [6.07, 6.45) is -4.72. The standard InChI is InChI=1S/C11H5F3N2O4S/c12-11(13,14)5-3-1-2-4-6(5)20-10(19)7-8(9(17)18)21-16-15-7/h1-4H,(H,17,18). The number of carbonyl (C=O) groups is 2. The van der Waals surface area contributed by atoms with Gasteiger partial charge in [0.1, 0.15) is 5.75 Å². The fourth-order valence-corrected chi connectivity index (χ4v) is 1.90. The first kappa shape index (κ1) is 14.9. The quantitative estimate of drug-likeness (QED) is 0.691. The average Bonchev–Trinajstić information content (AvgIpc) is 2.87. The molecule has 0 aliphatic heterocycles. The Morgan fingerprint density at radius 1 is 1.24 bits per heavy atom. The summed E-state index contributed by atoms with van der Waals surface area (Å²) < 4.78 is 46.1. The van der Waals surface area contributed by atoms with Crippen molar-refractivity contribution >= 4 is 23.5 Å². The predicted molar refractivity (Wildman–Crippen MR) is 63.3 cm³/mol. The summed E-state index contributed by atoms with van der Waals surface area (Å²) in [5, 5.41) is 12.1. The van der Waals surface area contributed by atoms with Crippen molar-refractivity contribution in [3.63, 3.8) is 0 Å². The van der Waals surface area contributed by atoms with Gasteiger partial charge in [-0.25, -0.2) is 9.59 Å². The maximum absolute atomic E-state index is 12.7. The minimum atomic E-state index is -4.72. The van der Waals surface area contributed by atoms with Crippen LogP contribution in [0.15, 0.2) is 24.3 Å². The number of rotatable bonds is 3. The molecule has 1 N–H and O–H groups in total. The molecule has 0 amide bonds. The van der Waals surface area contributed by atoms with Crippen molar-refractivity contribution in [1.29, 1.82) is 0 Å². The van der Waals surface area contributed by atoms with Gasteiger partial charge in [0.05, 0.1) is 5.56 Å². The van der Waals surface area contributed by atoms with Crippen molar-refractivity contribution < 1.29 is 32.6 Å². The largest absolute Gasteiger partial charge is 0.477 e. The highest BCUT2D eigenvalue weighted by molar-refractivity contribution is 7.08. The van der Waals surface area contributed by atoms with Crippen LogP contribution in [0, 0.1) is 0 Å². The zero-order valence-electron chi connectivity index (χ0n) is 9.92. The molecule has 2 aromatic rings. The molecular weight excluding hydrogens is 313 g/mol. The molecule has 0 saturated carbocycles. The molecule has 1 aromatic heterocycles. The van der Waals surface area contributed by atoms with Crippen LogP contribution in [0.3, 0.4) is 0 Å². The summed E-state index contributed by atoms with van der Waals surface area (Å²) in [5.41, 5.74) is -1.80. The van der Waals surface area contributed by atoms with Crippen molar-refractivity contribution in [2.24, 2.45) is 0 Å². The molecule has 0 aliphatic carbocycles. The van der Waals surface area contributed by atoms with E-state index in [0.29, 0.717) is 11.5 Å². The predicted octanol–water partition coefficient (Wildman–Crippen LogP) is 2.47. The van der Waals surface area contributed by atoms with Crippen LogP contribution in [-0.2, 0) is 6.18 Å². The van der Waals surface area contributed by atoms with Gasteiger partial charge >= 0.3 is 18.1 Å². The second kappa shape index (κ2) is 5.48. The number of benzene rings is 1. The zero-order valence-corrected chi connectivity index (χ0v) is 10.7. The van der Waals surface area contributed by atoms with Gasteiger partial charge in [-0.15, -0.1) is 5.10 Å². The van der Waals surface area contributed by atoms with E-state index >= 15 is 0 Å². The number of ether oxygens (including phenoxy) is 1. The third-order valence-corrected chi connectivity index (χ3v) is 2.98. The number of esters is 1. The molecule has 110 valence electrons. The monoisotopic (exact) mass is 318 g/mol. The molecule has 0 aliphatic rings. The van der Waals surface area contributed by atoms with E-state index in [1.807, 2.05) is 0 Å². The van der Waals surface area contributed by atoms with Crippen molar-refractivity contribution in [3.05, 3.63) is 40.4 Å². The highest BCUT2D eigenvalue weighted by Crippen LogP contribution is 2.36. The number of hydrogen-bond acceptors (Lipinski definition) is 6. The van der Waals surface area contributed by atoms with Gasteiger partial charge in [0.15, 0.2) is 10.6 Å². The molecule has 1 heterocycles. The first-order valence-electron chi connectivity index (χ1n) is 5.24. The summed E-state index contributed by atoms with van der Waals surface area (Å²) in [7, 11) is 0. The van der Waals surface area contributed by atoms with Gasteiger partial charge in [-0.05, 0) is 23.7 Å². The van der Waals surface area contributed by atoms with Crippen molar-refractivity contribution in [1.82, 2.24) is 9.59 Å². The van der Waals surface area contributed by atoms with Crippen LogP contribution in [0.5, 0.6) is 5.75 Å². The third-order valence-electron chi connectivity index (χ3n) is 2.27. The second-order valence-corrected chi connectivity index (χ2v) is 4.39. The zero-order chi connectivity index (χ0) is 15.6. The van der Waals surface area contributed by atoms with E-state index < -0.39 is 40.0 Å². The third kappa shape index (κ3) is 3.16. The van der Waals surface area contributed by atoms with Crippen molar-refractivity contribution in [2.75, 3.05) is 0 Å². The molecule has 21 heavy (non-hydrogen) atoms. The molecule has 0 saturated heterocycles. The van der Waals surface area contributed by atoms with E-state index in [-0.39, 0.29) is 0 Å². The highest BCUT2D eigenvalue weighted by Gasteiger charge is 2.35. The summed E-state index contributed by atoms with van der Waals surface area (Å²) in [5.74, 6) is -3.53. The average molecular weight is 318 g/mol. The molecule has 0 atom stereocenters. The highest BCUT2D eigenvalue weighted by atomic mass is 32.1. The topological polar surface area (TPSA) is 89.4 Å². The van der Waals surface area contributed by atoms with E-state index in [2.05, 4.69) is 14.3 Å². The fourth-order valence-electron chi connectivity index (χ4n) is 1.40. The number of hydrogen-bond donors (Lipinski definition) is 1. The molecule has 0 bridgehead atoms. The van der Waals surface area contributed by atoms with Crippen LogP contribution in [0.25, 0.3) is 0 Å². The minimum absolute atomic E-state index is 0.423. The number of para-hydroxylation sites is 1. The Labute approximate surface area is 118 Å². The smallest absolute Gasteiger partial charge is 0.419 e. The molecule has 1 aromatic carbocycles. The lowest BCUT2D eigenvalue weighted by atomic mass is 10.2. The number of aromatic nitrogens is 2. The Hall–Kier alpha value is -2.49. The van der Waals surface area contributed by atoms with Gasteiger partial charge in [0.2, 0.25) is 0 Å². The molecule has 0 radical (unpaired) electrons. The second-order valence-electron chi connectivity index (χ2n) is 3.64. The SMILES string of the molecule is O=C(Oc1ccccc1C(F)(F)F)c1nnsc1C(=O)O. The van der Waals surface area contributed by atoms with Gasteiger partial charge in [-0.2, -0.15) is 13.2 Å². The molecular formula is C11H5F3N2O4S. The van der Waals surface area contributed by atoms with Crippen LogP contribution in [0.1, 0.15) is 25.7 Å². The van der Waals surface area contributed by atoms with Gasteiger partial charge in [-0.1, -0.05) is 16.6 Å². The molecule has 0 unspecified atom stereocenters. The Bertz CT molecular complexity index is 699. The number of carboxylic acid groups (broad SMARTS) is 1. The number of halogens is 3. The van der Waals surface area contributed by atoms with E-state index in [1.165, 1.54) is 6.07 Å². The van der Waals surface area contributed by atoms with Crippen LogP contribution >= 0.6 is 11.5 Å². The van der Waals surface area contributed by atoms with Crippen LogP contribution in [0.4, 0.5) is 13.2 Å². The van der Waals surface area contributed by atoms with Crippen LogP contribution < -0.4 is 4.74 Å². The van der Waals surface area contributed by atoms with E-state index in [9.17, 15) is 22.8 Å². The number of nitrogens with zero attached hydrogens (tertiary/aromatic N) is 2. The Morgan fingerprint density at radius 3 is 2.52 bits per heavy atom. The van der Waals surface area contributed by atoms with Crippen molar-refractivity contribution in [2.45, 2.75) is 6.18 Å². The van der Waals surface area contributed by atoms with E-state index in [4.69, 9.17) is 5.11 Å². The molecule has 0 fully saturated rings. The Morgan fingerprint density at radius 2 is 1.90 bits per heavy atom. The molecule has 0 spiro atoms. The van der Waals surface area contributed by atoms with Crippen LogP contribution in [-0.4, -0.2) is 26.6 Å². The van der Waals surface area contributed by atoms with E-state index in [0.717, 1.165) is 18.2 Å². The van der Waals surface area contributed by atoms with Gasteiger partial charge in [-0.3, -0.25) is 0 Å². The first-order chi connectivity index (χ1) is 9.80. The van der Waals surface area contributed by atoms with Gasteiger partial charge in [0.25, 0.3) is 0 Å². The number of carbonyl (C=O) groups excluding carboxylic acids is 1. The number of alkyl halides is 3. The summed E-state index contributed by atoms with van der Waals surface area (Å²) in [4.78, 5) is 22.0. The van der Waals surface area contributed by atoms with Gasteiger partial charge in [0, 0.05) is 0 Å². The maximum Gasteiger partial charge on any atom is 0.419 e. The maximum atomic E-state index is 12.7. The lowest BCUT2D eigenvalue weighted by Crippen LogP contribution is -2.16. The molecule has 10 heteroatoms. The van der Waals surface area contributed by atoms with E-state index in [1.54, 1.807) is 0 Å². The molecule has 6 nitrogen and oxygen atoms in total. The lowest BCUT2D eigenvalue weighted by Gasteiger charge is -2.11. The Balaban J connectivity index is 2.33. The number of carboxylic acids is 1. The Kier molecular flexibility index (Phi) is 3.89. The molecule has 2 rings (SSSR count). The van der Waals surface area contributed by atoms with Crippen LogP contribution in [0.2, 0.25) is 0 Å². The summed E-state index contributed by atoms with van der Waals surface area (Å²) in [6, 6.07) is 4.06. The summed E-state index contributed by atoms with van der Waals surface area (Å²) in [6.45, 7) is 0. The number of aromatic carboxylic acids is 1. The lowest BCUT2D eigenvalue weighted by molar-refractivity contribution is -0.138. The summed E-state index contributed by atoms with van der Waals surface area (Å²) >= 11 is 0.423. The van der Waals surface area contributed by atoms with Crippen molar-refractivity contribution in [3.8, 4) is 5.75 Å².